The van der Waals surface area contributed by atoms with Crippen molar-refractivity contribution < 1.29 is 29.3 Å². The number of aliphatic hydroxyl groups excluding tert-OH is 1. The van der Waals surface area contributed by atoms with Crippen molar-refractivity contribution in [1.29, 1.82) is 0 Å². The van der Waals surface area contributed by atoms with Crippen LogP contribution in [-0.2, 0) is 16.0 Å². The van der Waals surface area contributed by atoms with E-state index in [4.69, 9.17) is 4.74 Å². The molecule has 0 aliphatic carbocycles. The number of nitrogens with one attached hydrogen (secondary N) is 1. The Kier molecular flexibility index (Phi) is 10.6. The molecule has 0 bridgehead atoms. The molecule has 232 valence electrons. The highest BCUT2D eigenvalue weighted by atomic mass is 16.5. The third-order valence-corrected chi connectivity index (χ3v) is 7.97. The van der Waals surface area contributed by atoms with Crippen LogP contribution >= 0.6 is 0 Å². The maximum Gasteiger partial charge on any atom is 0.334 e. The van der Waals surface area contributed by atoms with Crippen LogP contribution in [0.15, 0.2) is 115 Å². The minimum Gasteiger partial charge on any atom is -0.484 e. The lowest BCUT2D eigenvalue weighted by atomic mass is 9.96. The summed E-state index contributed by atoms with van der Waals surface area (Å²) in [4.78, 5) is 41.8. The fourth-order valence-corrected chi connectivity index (χ4v) is 5.61. The van der Waals surface area contributed by atoms with Crippen LogP contribution in [-0.4, -0.2) is 82.7 Å². The maximum absolute atomic E-state index is 13.1. The molecule has 45 heavy (non-hydrogen) atoms. The summed E-state index contributed by atoms with van der Waals surface area (Å²) < 4.78 is 5.78. The molecular weight excluding hydrogens is 570 g/mol. The van der Waals surface area contributed by atoms with Crippen LogP contribution < -0.4 is 10.1 Å². The standard InChI is InChI=1S/C36H37N3O6/c40-32(38-19-21-39(22-20-38)33(27-13-6-2-7-14-27)28-15-8-3-9-16-28)25-45-30-18-10-17-29(24-30)35(42)37-31(34(41)36(43)44)23-26-11-4-1-5-12-26/h1-18,24,31,33-34,41H,19-23,25H2,(H,37,42)(H,43,44)/t31-,34+/m0/s1. The van der Waals surface area contributed by atoms with E-state index < -0.39 is 24.0 Å². The van der Waals surface area contributed by atoms with Gasteiger partial charge in [-0.25, -0.2) is 4.79 Å². The number of carboxylic acid groups (broad SMARTS) is 1. The molecule has 0 unspecified atom stereocenters. The number of ether oxygens (including phenoxy) is 1. The van der Waals surface area contributed by atoms with E-state index in [1.54, 1.807) is 47.4 Å². The fraction of sp³-hybridized carbons (Fsp3) is 0.250. The van der Waals surface area contributed by atoms with Crippen molar-refractivity contribution in [3.63, 3.8) is 0 Å². The van der Waals surface area contributed by atoms with Gasteiger partial charge < -0.3 is 25.2 Å². The van der Waals surface area contributed by atoms with Crippen molar-refractivity contribution in [3.8, 4) is 5.75 Å². The normalized spacial score (nSPS) is 14.8. The number of carbonyl (C=O) groups is 3. The number of carbonyl (C=O) groups excluding carboxylic acids is 2. The number of hydrogen-bond acceptors (Lipinski definition) is 6. The van der Waals surface area contributed by atoms with Gasteiger partial charge >= 0.3 is 5.97 Å². The van der Waals surface area contributed by atoms with Gasteiger partial charge in [0.15, 0.2) is 12.7 Å². The largest absolute Gasteiger partial charge is 0.484 e. The molecule has 5 rings (SSSR count). The van der Waals surface area contributed by atoms with Crippen LogP contribution in [0.3, 0.4) is 0 Å². The van der Waals surface area contributed by atoms with Gasteiger partial charge in [0.05, 0.1) is 12.1 Å². The van der Waals surface area contributed by atoms with E-state index in [9.17, 15) is 24.6 Å². The van der Waals surface area contributed by atoms with E-state index in [0.29, 0.717) is 31.9 Å². The first kappa shape index (κ1) is 31.4. The first-order chi connectivity index (χ1) is 21.9. The Morgan fingerprint density at radius 2 is 1.33 bits per heavy atom. The van der Waals surface area contributed by atoms with Crippen LogP contribution in [0.25, 0.3) is 0 Å². The Hall–Kier alpha value is -4.99. The molecule has 1 saturated heterocycles. The zero-order valence-corrected chi connectivity index (χ0v) is 24.9. The Morgan fingerprint density at radius 1 is 0.756 bits per heavy atom. The summed E-state index contributed by atoms with van der Waals surface area (Å²) in [7, 11) is 0. The molecule has 0 aromatic heterocycles. The van der Waals surface area contributed by atoms with Gasteiger partial charge in [0.2, 0.25) is 0 Å². The number of amides is 2. The lowest BCUT2D eigenvalue weighted by Crippen LogP contribution is -2.51. The summed E-state index contributed by atoms with van der Waals surface area (Å²) in [6.07, 6.45) is -1.66. The van der Waals surface area contributed by atoms with E-state index in [-0.39, 0.29) is 30.5 Å². The van der Waals surface area contributed by atoms with E-state index in [2.05, 4.69) is 34.5 Å². The number of benzene rings is 4. The van der Waals surface area contributed by atoms with E-state index in [1.807, 2.05) is 42.5 Å². The Balaban J connectivity index is 1.16. The number of aliphatic hydroxyl groups is 1. The first-order valence-corrected chi connectivity index (χ1v) is 15.0. The number of rotatable bonds is 12. The van der Waals surface area contributed by atoms with Crippen LogP contribution in [0.2, 0.25) is 0 Å². The van der Waals surface area contributed by atoms with Crippen molar-refractivity contribution in [1.82, 2.24) is 15.1 Å². The number of carboxylic acids is 1. The summed E-state index contributed by atoms with van der Waals surface area (Å²) >= 11 is 0. The summed E-state index contributed by atoms with van der Waals surface area (Å²) in [5.74, 6) is -1.80. The topological polar surface area (TPSA) is 119 Å². The van der Waals surface area contributed by atoms with Gasteiger partial charge in [0.1, 0.15) is 5.75 Å². The zero-order chi connectivity index (χ0) is 31.6. The van der Waals surface area contributed by atoms with E-state index in [0.717, 1.165) is 5.56 Å². The summed E-state index contributed by atoms with van der Waals surface area (Å²) in [5, 5.41) is 22.3. The van der Waals surface area contributed by atoms with Gasteiger partial charge in [-0.2, -0.15) is 0 Å². The summed E-state index contributed by atoms with van der Waals surface area (Å²) in [6, 6.07) is 35.1. The second-order valence-electron chi connectivity index (χ2n) is 11.0. The van der Waals surface area contributed by atoms with E-state index >= 15 is 0 Å². The van der Waals surface area contributed by atoms with Gasteiger partial charge in [-0.3, -0.25) is 14.5 Å². The minimum atomic E-state index is -1.79. The van der Waals surface area contributed by atoms with Gasteiger partial charge in [0, 0.05) is 31.7 Å². The monoisotopic (exact) mass is 607 g/mol. The lowest BCUT2D eigenvalue weighted by molar-refractivity contribution is -0.148. The van der Waals surface area contributed by atoms with Crippen LogP contribution in [0.5, 0.6) is 5.75 Å². The third kappa shape index (κ3) is 8.35. The Labute approximate surface area is 262 Å². The molecule has 1 aliphatic heterocycles. The minimum absolute atomic E-state index is 0.0960. The van der Waals surface area contributed by atoms with Crippen molar-refractivity contribution in [3.05, 3.63) is 138 Å². The second-order valence-corrected chi connectivity index (χ2v) is 11.0. The highest BCUT2D eigenvalue weighted by Crippen LogP contribution is 2.29. The van der Waals surface area contributed by atoms with Gasteiger partial charge in [0.25, 0.3) is 11.8 Å². The van der Waals surface area contributed by atoms with Gasteiger partial charge in [-0.05, 0) is 41.3 Å². The average Bonchev–Trinajstić information content (AvgIpc) is 3.08. The molecule has 9 nitrogen and oxygen atoms in total. The zero-order valence-electron chi connectivity index (χ0n) is 24.9. The molecule has 4 aromatic rings. The summed E-state index contributed by atoms with van der Waals surface area (Å²) in [6.45, 7) is 2.37. The molecule has 4 aromatic carbocycles. The van der Waals surface area contributed by atoms with Gasteiger partial charge in [-0.1, -0.05) is 97.1 Å². The van der Waals surface area contributed by atoms with Crippen LogP contribution in [0.1, 0.15) is 33.1 Å². The molecule has 0 spiro atoms. The van der Waals surface area contributed by atoms with Crippen molar-refractivity contribution >= 4 is 17.8 Å². The molecule has 2 amide bonds. The predicted octanol–water partition coefficient (Wildman–Crippen LogP) is 3.79. The first-order valence-electron chi connectivity index (χ1n) is 15.0. The molecule has 3 N–H and O–H groups in total. The van der Waals surface area contributed by atoms with Crippen molar-refractivity contribution in [2.45, 2.75) is 24.6 Å². The van der Waals surface area contributed by atoms with Crippen molar-refractivity contribution in [2.75, 3.05) is 32.8 Å². The molecule has 1 heterocycles. The average molecular weight is 608 g/mol. The second kappa shape index (κ2) is 15.1. The third-order valence-electron chi connectivity index (χ3n) is 7.97. The lowest BCUT2D eigenvalue weighted by Gasteiger charge is -2.39. The number of hydrogen-bond donors (Lipinski definition) is 3. The molecule has 2 atom stereocenters. The number of nitrogens with zero attached hydrogens (tertiary/aromatic N) is 2. The smallest absolute Gasteiger partial charge is 0.334 e. The molecule has 1 aliphatic rings. The molecule has 1 fully saturated rings. The van der Waals surface area contributed by atoms with E-state index in [1.165, 1.54) is 17.2 Å². The van der Waals surface area contributed by atoms with Gasteiger partial charge in [-0.15, -0.1) is 0 Å². The number of piperazine rings is 1. The molecule has 0 radical (unpaired) electrons. The van der Waals surface area contributed by atoms with Crippen molar-refractivity contribution in [2.24, 2.45) is 0 Å². The quantitative estimate of drug-likeness (QED) is 0.224. The maximum atomic E-state index is 13.1. The molecule has 0 saturated carbocycles. The Bertz CT molecular complexity index is 1520. The highest BCUT2D eigenvalue weighted by molar-refractivity contribution is 5.95. The highest BCUT2D eigenvalue weighted by Gasteiger charge is 2.29. The van der Waals surface area contributed by atoms with Crippen LogP contribution in [0, 0.1) is 0 Å². The SMILES string of the molecule is O=C(N[C@@H](Cc1ccccc1)[C@@H](O)C(=O)O)c1cccc(OCC(=O)N2CCN(C(c3ccccc3)c3ccccc3)CC2)c1. The Morgan fingerprint density at radius 3 is 1.91 bits per heavy atom. The summed E-state index contributed by atoms with van der Waals surface area (Å²) in [5.41, 5.74) is 3.41. The molecular formula is C36H37N3O6. The fourth-order valence-electron chi connectivity index (χ4n) is 5.61. The molecule has 9 heteroatoms. The predicted molar refractivity (Wildman–Crippen MR) is 170 cm³/mol. The van der Waals surface area contributed by atoms with Crippen LogP contribution in [0.4, 0.5) is 0 Å². The number of aliphatic carboxylic acids is 1.